The molecule has 0 bridgehead atoms. The summed E-state index contributed by atoms with van der Waals surface area (Å²) in [7, 11) is 1.98. The van der Waals surface area contributed by atoms with Crippen molar-refractivity contribution in [1.82, 2.24) is 5.32 Å². The molecule has 0 aliphatic heterocycles. The molecular weight excluding hydrogens is 322 g/mol. The maximum atomic E-state index is 5.73. The Bertz CT molecular complexity index is 533. The zero-order valence-corrected chi connectivity index (χ0v) is 13.8. The highest BCUT2D eigenvalue weighted by atomic mass is 79.9. The normalized spacial score (nSPS) is 12.4. The summed E-state index contributed by atoms with van der Waals surface area (Å²) in [6.07, 6.45) is 0. The second kappa shape index (κ2) is 6.55. The number of rotatable bonds is 5. The van der Waals surface area contributed by atoms with Crippen molar-refractivity contribution >= 4 is 27.3 Å². The number of halogens is 1. The fourth-order valence-corrected chi connectivity index (χ4v) is 3.77. The SMILES string of the molecule is CCOc1ccccc1C(NC)c1cc(Br)c(C)s1. The van der Waals surface area contributed by atoms with Gasteiger partial charge in [0.15, 0.2) is 0 Å². The number of thiophene rings is 1. The van der Waals surface area contributed by atoms with E-state index >= 15 is 0 Å². The summed E-state index contributed by atoms with van der Waals surface area (Å²) in [5, 5.41) is 3.38. The fraction of sp³-hybridized carbons (Fsp3) is 0.333. The average Bonchev–Trinajstić information content (AvgIpc) is 2.73. The summed E-state index contributed by atoms with van der Waals surface area (Å²) < 4.78 is 6.90. The van der Waals surface area contributed by atoms with Gasteiger partial charge in [-0.2, -0.15) is 0 Å². The molecule has 1 aromatic carbocycles. The lowest BCUT2D eigenvalue weighted by atomic mass is 10.0. The van der Waals surface area contributed by atoms with Crippen molar-refractivity contribution in [2.45, 2.75) is 19.9 Å². The first-order valence-electron chi connectivity index (χ1n) is 6.32. The molecule has 102 valence electrons. The molecule has 1 unspecified atom stereocenters. The Kier molecular flexibility index (Phi) is 5.02. The Balaban J connectivity index is 2.41. The predicted octanol–water partition coefficient (Wildman–Crippen LogP) is 4.53. The Morgan fingerprint density at radius 2 is 2.11 bits per heavy atom. The highest BCUT2D eigenvalue weighted by Crippen LogP contribution is 2.36. The van der Waals surface area contributed by atoms with Crippen LogP contribution in [0.2, 0.25) is 0 Å². The third-order valence-electron chi connectivity index (χ3n) is 2.98. The summed E-state index contributed by atoms with van der Waals surface area (Å²) in [5.74, 6) is 0.950. The molecule has 19 heavy (non-hydrogen) atoms. The number of benzene rings is 1. The summed E-state index contributed by atoms with van der Waals surface area (Å²) in [4.78, 5) is 2.59. The highest BCUT2D eigenvalue weighted by Gasteiger charge is 2.19. The molecule has 0 saturated heterocycles. The lowest BCUT2D eigenvalue weighted by molar-refractivity contribution is 0.334. The first-order chi connectivity index (χ1) is 9.17. The van der Waals surface area contributed by atoms with E-state index in [1.54, 1.807) is 11.3 Å². The third-order valence-corrected chi connectivity index (χ3v) is 5.18. The Hall–Kier alpha value is -0.840. The van der Waals surface area contributed by atoms with Crippen LogP contribution in [0.5, 0.6) is 5.75 Å². The van der Waals surface area contributed by atoms with E-state index in [1.807, 2.05) is 26.1 Å². The van der Waals surface area contributed by atoms with Crippen molar-refractivity contribution in [3.63, 3.8) is 0 Å². The van der Waals surface area contributed by atoms with E-state index in [9.17, 15) is 0 Å². The summed E-state index contributed by atoms with van der Waals surface area (Å²) in [6, 6.07) is 10.6. The second-order valence-corrected chi connectivity index (χ2v) is 6.39. The van der Waals surface area contributed by atoms with Gasteiger partial charge in [-0.3, -0.25) is 0 Å². The van der Waals surface area contributed by atoms with Crippen molar-refractivity contribution < 1.29 is 4.74 Å². The number of nitrogens with one attached hydrogen (secondary N) is 1. The summed E-state index contributed by atoms with van der Waals surface area (Å²) >= 11 is 5.39. The van der Waals surface area contributed by atoms with Crippen LogP contribution < -0.4 is 10.1 Å². The highest BCUT2D eigenvalue weighted by molar-refractivity contribution is 9.10. The molecule has 0 aliphatic carbocycles. The van der Waals surface area contributed by atoms with Gasteiger partial charge in [0.05, 0.1) is 12.6 Å². The first kappa shape index (κ1) is 14.6. The number of aryl methyl sites for hydroxylation is 1. The van der Waals surface area contributed by atoms with Gasteiger partial charge in [0.2, 0.25) is 0 Å². The second-order valence-electron chi connectivity index (χ2n) is 4.25. The van der Waals surface area contributed by atoms with Crippen molar-refractivity contribution in [3.8, 4) is 5.75 Å². The number of ether oxygens (including phenoxy) is 1. The molecule has 0 radical (unpaired) electrons. The van der Waals surface area contributed by atoms with E-state index in [-0.39, 0.29) is 6.04 Å². The van der Waals surface area contributed by atoms with Crippen LogP contribution in [0.4, 0.5) is 0 Å². The van der Waals surface area contributed by atoms with Gasteiger partial charge < -0.3 is 10.1 Å². The van der Waals surface area contributed by atoms with Crippen LogP contribution >= 0.6 is 27.3 Å². The van der Waals surface area contributed by atoms with Gasteiger partial charge in [-0.1, -0.05) is 18.2 Å². The van der Waals surface area contributed by atoms with Crippen molar-refractivity contribution in [2.75, 3.05) is 13.7 Å². The largest absolute Gasteiger partial charge is 0.494 e. The zero-order valence-electron chi connectivity index (χ0n) is 11.4. The van der Waals surface area contributed by atoms with Crippen molar-refractivity contribution in [3.05, 3.63) is 50.1 Å². The molecule has 2 aromatic rings. The summed E-state index contributed by atoms with van der Waals surface area (Å²) in [6.45, 7) is 4.82. The van der Waals surface area contributed by atoms with E-state index in [2.05, 4.69) is 46.4 Å². The molecular formula is C15H18BrNOS. The number of hydrogen-bond acceptors (Lipinski definition) is 3. The van der Waals surface area contributed by atoms with Crippen LogP contribution in [-0.2, 0) is 0 Å². The molecule has 1 heterocycles. The minimum atomic E-state index is 0.165. The number of para-hydroxylation sites is 1. The Labute approximate surface area is 126 Å². The molecule has 0 fully saturated rings. The minimum absolute atomic E-state index is 0.165. The Morgan fingerprint density at radius 1 is 1.37 bits per heavy atom. The maximum absolute atomic E-state index is 5.73. The Morgan fingerprint density at radius 3 is 2.68 bits per heavy atom. The van der Waals surface area contributed by atoms with Crippen LogP contribution in [0.25, 0.3) is 0 Å². The van der Waals surface area contributed by atoms with E-state index in [1.165, 1.54) is 19.8 Å². The quantitative estimate of drug-likeness (QED) is 0.864. The molecule has 0 amide bonds. The van der Waals surface area contributed by atoms with Gasteiger partial charge in [-0.25, -0.2) is 0 Å². The first-order valence-corrected chi connectivity index (χ1v) is 7.93. The molecule has 0 spiro atoms. The van der Waals surface area contributed by atoms with E-state index in [4.69, 9.17) is 4.74 Å². The van der Waals surface area contributed by atoms with Gasteiger partial charge >= 0.3 is 0 Å². The smallest absolute Gasteiger partial charge is 0.124 e. The van der Waals surface area contributed by atoms with Crippen molar-refractivity contribution in [1.29, 1.82) is 0 Å². The molecule has 1 aromatic heterocycles. The molecule has 0 saturated carbocycles. The third kappa shape index (κ3) is 3.19. The van der Waals surface area contributed by atoms with E-state index in [0.29, 0.717) is 6.61 Å². The molecule has 1 atom stereocenters. The topological polar surface area (TPSA) is 21.3 Å². The zero-order chi connectivity index (χ0) is 13.8. The molecule has 4 heteroatoms. The molecule has 2 rings (SSSR count). The van der Waals surface area contributed by atoms with Gasteiger partial charge in [-0.05, 0) is 49.0 Å². The van der Waals surface area contributed by atoms with Crippen LogP contribution in [-0.4, -0.2) is 13.7 Å². The lowest BCUT2D eigenvalue weighted by Gasteiger charge is -2.18. The minimum Gasteiger partial charge on any atom is -0.494 e. The fourth-order valence-electron chi connectivity index (χ4n) is 2.08. The van der Waals surface area contributed by atoms with E-state index < -0.39 is 0 Å². The standard InChI is InChI=1S/C15H18BrNOS/c1-4-18-13-8-6-5-7-11(13)15(17-3)14-9-12(16)10(2)19-14/h5-9,15,17H,4H2,1-3H3. The maximum Gasteiger partial charge on any atom is 0.124 e. The lowest BCUT2D eigenvalue weighted by Crippen LogP contribution is -2.17. The van der Waals surface area contributed by atoms with Gasteiger partial charge in [0.1, 0.15) is 5.75 Å². The van der Waals surface area contributed by atoms with Crippen LogP contribution in [0.3, 0.4) is 0 Å². The monoisotopic (exact) mass is 339 g/mol. The average molecular weight is 340 g/mol. The van der Waals surface area contributed by atoms with Gasteiger partial charge in [0, 0.05) is 19.8 Å². The van der Waals surface area contributed by atoms with Crippen LogP contribution in [0.15, 0.2) is 34.8 Å². The van der Waals surface area contributed by atoms with Crippen LogP contribution in [0, 0.1) is 6.92 Å². The van der Waals surface area contributed by atoms with E-state index in [0.717, 1.165) is 5.75 Å². The summed E-state index contributed by atoms with van der Waals surface area (Å²) in [5.41, 5.74) is 1.18. The number of hydrogen-bond donors (Lipinski definition) is 1. The van der Waals surface area contributed by atoms with Crippen molar-refractivity contribution in [2.24, 2.45) is 0 Å². The molecule has 0 aliphatic rings. The predicted molar refractivity (Wildman–Crippen MR) is 85.3 cm³/mol. The van der Waals surface area contributed by atoms with Crippen LogP contribution in [0.1, 0.15) is 28.3 Å². The molecule has 1 N–H and O–H groups in total. The van der Waals surface area contributed by atoms with Gasteiger partial charge in [0.25, 0.3) is 0 Å². The van der Waals surface area contributed by atoms with Gasteiger partial charge in [-0.15, -0.1) is 11.3 Å². The molecule has 2 nitrogen and oxygen atoms in total.